The minimum atomic E-state index is -2.80. The molecular formula is C15H30N2O2S. The summed E-state index contributed by atoms with van der Waals surface area (Å²) in [6.07, 6.45) is 3.05. The second-order valence-electron chi connectivity index (χ2n) is 7.35. The zero-order valence-corrected chi connectivity index (χ0v) is 14.0. The summed E-state index contributed by atoms with van der Waals surface area (Å²) < 4.78 is 23.4. The summed E-state index contributed by atoms with van der Waals surface area (Å²) in [6.45, 7) is 9.58. The molecule has 0 amide bonds. The Morgan fingerprint density at radius 3 is 2.60 bits per heavy atom. The number of sulfone groups is 1. The molecule has 0 bridgehead atoms. The summed E-state index contributed by atoms with van der Waals surface area (Å²) in [5, 5.41) is 0. The second kappa shape index (κ2) is 5.93. The molecule has 118 valence electrons. The summed E-state index contributed by atoms with van der Waals surface area (Å²) in [4.78, 5) is 2.36. The van der Waals surface area contributed by atoms with Crippen LogP contribution in [0.5, 0.6) is 0 Å². The highest BCUT2D eigenvalue weighted by molar-refractivity contribution is 7.91. The van der Waals surface area contributed by atoms with Gasteiger partial charge in [-0.2, -0.15) is 0 Å². The van der Waals surface area contributed by atoms with Gasteiger partial charge in [-0.05, 0) is 43.1 Å². The van der Waals surface area contributed by atoms with E-state index >= 15 is 0 Å². The molecule has 0 spiro atoms. The van der Waals surface area contributed by atoms with Crippen molar-refractivity contribution in [3.63, 3.8) is 0 Å². The Balaban J connectivity index is 1.99. The SMILES string of the molecule is CC1C(N)CCC(CN2CCCS(=O)(=O)CC2)C1(C)C. The van der Waals surface area contributed by atoms with E-state index in [2.05, 4.69) is 25.7 Å². The van der Waals surface area contributed by atoms with Crippen molar-refractivity contribution in [1.82, 2.24) is 4.90 Å². The van der Waals surface area contributed by atoms with Crippen molar-refractivity contribution >= 4 is 9.84 Å². The van der Waals surface area contributed by atoms with E-state index < -0.39 is 9.84 Å². The van der Waals surface area contributed by atoms with E-state index in [0.717, 1.165) is 25.9 Å². The highest BCUT2D eigenvalue weighted by Crippen LogP contribution is 2.44. The van der Waals surface area contributed by atoms with Crippen LogP contribution < -0.4 is 5.73 Å². The molecule has 0 aromatic heterocycles. The average molecular weight is 302 g/mol. The Kier molecular flexibility index (Phi) is 4.82. The van der Waals surface area contributed by atoms with Crippen LogP contribution in [0.2, 0.25) is 0 Å². The van der Waals surface area contributed by atoms with Gasteiger partial charge in [0, 0.05) is 19.1 Å². The van der Waals surface area contributed by atoms with E-state index in [1.165, 1.54) is 6.42 Å². The fourth-order valence-corrected chi connectivity index (χ4v) is 5.06. The van der Waals surface area contributed by atoms with Crippen LogP contribution in [-0.4, -0.2) is 50.5 Å². The van der Waals surface area contributed by atoms with Crippen molar-refractivity contribution < 1.29 is 8.42 Å². The van der Waals surface area contributed by atoms with Gasteiger partial charge in [0.05, 0.1) is 11.5 Å². The van der Waals surface area contributed by atoms with E-state index in [0.29, 0.717) is 35.9 Å². The molecule has 1 saturated heterocycles. The molecule has 2 fully saturated rings. The minimum absolute atomic E-state index is 0.239. The molecule has 1 saturated carbocycles. The van der Waals surface area contributed by atoms with Gasteiger partial charge < -0.3 is 10.6 Å². The van der Waals surface area contributed by atoms with Crippen LogP contribution in [0, 0.1) is 17.3 Å². The van der Waals surface area contributed by atoms with Gasteiger partial charge in [-0.15, -0.1) is 0 Å². The quantitative estimate of drug-likeness (QED) is 0.840. The molecule has 3 unspecified atom stereocenters. The highest BCUT2D eigenvalue weighted by Gasteiger charge is 2.42. The standard InChI is InChI=1S/C15H30N2O2S/c1-12-14(16)6-5-13(15(12,2)3)11-17-7-4-9-20(18,19)10-8-17/h12-14H,4-11,16H2,1-3H3. The molecule has 2 N–H and O–H groups in total. The molecule has 20 heavy (non-hydrogen) atoms. The fraction of sp³-hybridized carbons (Fsp3) is 1.00. The Morgan fingerprint density at radius 1 is 1.20 bits per heavy atom. The van der Waals surface area contributed by atoms with Gasteiger partial charge >= 0.3 is 0 Å². The molecule has 1 aliphatic heterocycles. The van der Waals surface area contributed by atoms with E-state index in [1.54, 1.807) is 0 Å². The smallest absolute Gasteiger partial charge is 0.151 e. The topological polar surface area (TPSA) is 63.4 Å². The number of nitrogens with two attached hydrogens (primary N) is 1. The normalized spacial score (nSPS) is 38.3. The molecule has 4 nitrogen and oxygen atoms in total. The van der Waals surface area contributed by atoms with Crippen molar-refractivity contribution in [3.8, 4) is 0 Å². The maximum Gasteiger partial charge on any atom is 0.151 e. The first-order valence-corrected chi connectivity index (χ1v) is 9.73. The molecule has 1 heterocycles. The molecule has 0 aromatic rings. The molecule has 0 radical (unpaired) electrons. The summed E-state index contributed by atoms with van der Waals surface area (Å²) in [5.74, 6) is 1.84. The van der Waals surface area contributed by atoms with E-state index in [-0.39, 0.29) is 5.41 Å². The number of nitrogens with zero attached hydrogens (tertiary/aromatic N) is 1. The van der Waals surface area contributed by atoms with Crippen molar-refractivity contribution in [2.75, 3.05) is 31.1 Å². The number of hydrogen-bond donors (Lipinski definition) is 1. The van der Waals surface area contributed by atoms with E-state index in [4.69, 9.17) is 5.73 Å². The molecule has 5 heteroatoms. The van der Waals surface area contributed by atoms with Crippen molar-refractivity contribution in [1.29, 1.82) is 0 Å². The highest BCUT2D eigenvalue weighted by atomic mass is 32.2. The van der Waals surface area contributed by atoms with Gasteiger partial charge in [-0.1, -0.05) is 20.8 Å². The lowest BCUT2D eigenvalue weighted by atomic mass is 9.61. The third-order valence-corrected chi connectivity index (χ3v) is 7.56. The van der Waals surface area contributed by atoms with Gasteiger partial charge in [0.2, 0.25) is 0 Å². The van der Waals surface area contributed by atoms with E-state index in [9.17, 15) is 8.42 Å². The summed E-state index contributed by atoms with van der Waals surface area (Å²) >= 11 is 0. The van der Waals surface area contributed by atoms with Gasteiger partial charge in [0.25, 0.3) is 0 Å². The maximum absolute atomic E-state index is 11.7. The molecular weight excluding hydrogens is 272 g/mol. The number of hydrogen-bond acceptors (Lipinski definition) is 4. The van der Waals surface area contributed by atoms with E-state index in [1.807, 2.05) is 0 Å². The van der Waals surface area contributed by atoms with Crippen LogP contribution in [0.15, 0.2) is 0 Å². The van der Waals surface area contributed by atoms with Crippen molar-refractivity contribution in [3.05, 3.63) is 0 Å². The molecule has 1 aliphatic carbocycles. The van der Waals surface area contributed by atoms with Gasteiger partial charge in [0.1, 0.15) is 0 Å². The zero-order chi connectivity index (χ0) is 15.0. The van der Waals surface area contributed by atoms with Crippen LogP contribution in [0.1, 0.15) is 40.0 Å². The summed E-state index contributed by atoms with van der Waals surface area (Å²) in [7, 11) is -2.80. The van der Waals surface area contributed by atoms with Crippen LogP contribution in [0.3, 0.4) is 0 Å². The number of rotatable bonds is 2. The second-order valence-corrected chi connectivity index (χ2v) is 9.66. The van der Waals surface area contributed by atoms with Gasteiger partial charge in [0.15, 0.2) is 9.84 Å². The van der Waals surface area contributed by atoms with Crippen molar-refractivity contribution in [2.24, 2.45) is 23.0 Å². The van der Waals surface area contributed by atoms with Crippen molar-refractivity contribution in [2.45, 2.75) is 46.1 Å². The first-order valence-electron chi connectivity index (χ1n) is 7.91. The monoisotopic (exact) mass is 302 g/mol. The van der Waals surface area contributed by atoms with Gasteiger partial charge in [-0.25, -0.2) is 8.42 Å². The lowest BCUT2D eigenvalue weighted by Crippen LogP contribution is -2.50. The predicted octanol–water partition coefficient (Wildman–Crippen LogP) is 1.51. The largest absolute Gasteiger partial charge is 0.327 e. The Hall–Kier alpha value is -0.130. The third-order valence-electron chi connectivity index (χ3n) is 5.84. The fourth-order valence-electron chi connectivity index (χ4n) is 3.75. The Bertz CT molecular complexity index is 433. The first kappa shape index (κ1) is 16.2. The average Bonchev–Trinajstić information content (AvgIpc) is 2.52. The molecule has 3 atom stereocenters. The van der Waals surface area contributed by atoms with Crippen LogP contribution in [-0.2, 0) is 9.84 Å². The zero-order valence-electron chi connectivity index (χ0n) is 13.1. The maximum atomic E-state index is 11.7. The van der Waals surface area contributed by atoms with Crippen LogP contribution in [0.25, 0.3) is 0 Å². The Labute approximate surface area is 124 Å². The first-order chi connectivity index (χ1) is 9.22. The molecule has 2 aliphatic rings. The summed E-state index contributed by atoms with van der Waals surface area (Å²) in [5.41, 5.74) is 6.46. The predicted molar refractivity (Wildman–Crippen MR) is 83.4 cm³/mol. The third kappa shape index (κ3) is 3.55. The lowest BCUT2D eigenvalue weighted by molar-refractivity contribution is 0.0302. The molecule has 0 aromatic carbocycles. The minimum Gasteiger partial charge on any atom is -0.327 e. The Morgan fingerprint density at radius 2 is 1.90 bits per heavy atom. The van der Waals surface area contributed by atoms with Crippen LogP contribution >= 0.6 is 0 Å². The van der Waals surface area contributed by atoms with Gasteiger partial charge in [-0.3, -0.25) is 0 Å². The molecule has 2 rings (SSSR count). The lowest BCUT2D eigenvalue weighted by Gasteiger charge is -2.48. The summed E-state index contributed by atoms with van der Waals surface area (Å²) in [6, 6.07) is 0.311. The van der Waals surface area contributed by atoms with Crippen LogP contribution in [0.4, 0.5) is 0 Å².